The number of hydrogen-bond donors (Lipinski definition) is 0. The fourth-order valence-corrected chi connectivity index (χ4v) is 2.56. The molecule has 2 rings (SSSR count). The molecule has 1 saturated heterocycles. The van der Waals surface area contributed by atoms with Gasteiger partial charge in [0, 0.05) is 38.8 Å². The largest absolute Gasteiger partial charge is 0.342 e. The molecular formula is C13H19ClN4O. The van der Waals surface area contributed by atoms with Crippen LogP contribution in [0.2, 0.25) is 5.15 Å². The maximum absolute atomic E-state index is 11.4. The van der Waals surface area contributed by atoms with E-state index in [2.05, 4.69) is 14.9 Å². The van der Waals surface area contributed by atoms with E-state index >= 15 is 0 Å². The minimum Gasteiger partial charge on any atom is -0.342 e. The highest BCUT2D eigenvalue weighted by atomic mass is 35.5. The Morgan fingerprint density at radius 1 is 1.32 bits per heavy atom. The first-order valence-electron chi connectivity index (χ1n) is 6.52. The third-order valence-electron chi connectivity index (χ3n) is 3.27. The normalized spacial score (nSPS) is 17.3. The van der Waals surface area contributed by atoms with Gasteiger partial charge >= 0.3 is 0 Å². The van der Waals surface area contributed by atoms with Crippen molar-refractivity contribution >= 4 is 17.5 Å². The topological polar surface area (TPSA) is 49.3 Å². The lowest BCUT2D eigenvalue weighted by molar-refractivity contribution is -0.128. The van der Waals surface area contributed by atoms with Crippen molar-refractivity contribution in [1.29, 1.82) is 0 Å². The molecule has 1 fully saturated rings. The number of carbonyl (C=O) groups excluding carboxylic acids is 1. The van der Waals surface area contributed by atoms with Crippen LogP contribution in [0, 0.1) is 6.92 Å². The quantitative estimate of drug-likeness (QED) is 0.771. The molecule has 1 aromatic rings. The van der Waals surface area contributed by atoms with Crippen molar-refractivity contribution in [2.75, 3.05) is 26.2 Å². The summed E-state index contributed by atoms with van der Waals surface area (Å²) >= 11 is 5.94. The van der Waals surface area contributed by atoms with Crippen LogP contribution in [0.15, 0.2) is 6.07 Å². The van der Waals surface area contributed by atoms with Gasteiger partial charge in [-0.1, -0.05) is 11.6 Å². The zero-order valence-corrected chi connectivity index (χ0v) is 12.2. The van der Waals surface area contributed by atoms with E-state index in [1.807, 2.05) is 11.8 Å². The third-order valence-corrected chi connectivity index (χ3v) is 3.46. The molecule has 0 spiro atoms. The maximum Gasteiger partial charge on any atom is 0.219 e. The van der Waals surface area contributed by atoms with Gasteiger partial charge in [-0.3, -0.25) is 9.69 Å². The number of rotatable bonds is 2. The average Bonchev–Trinajstić information content (AvgIpc) is 2.53. The van der Waals surface area contributed by atoms with E-state index in [0.29, 0.717) is 11.7 Å². The minimum absolute atomic E-state index is 0.150. The van der Waals surface area contributed by atoms with E-state index in [-0.39, 0.29) is 5.91 Å². The van der Waals surface area contributed by atoms with E-state index in [1.54, 1.807) is 13.0 Å². The highest BCUT2D eigenvalue weighted by molar-refractivity contribution is 6.29. The molecule has 0 unspecified atom stereocenters. The van der Waals surface area contributed by atoms with Crippen LogP contribution in [0.1, 0.15) is 24.9 Å². The summed E-state index contributed by atoms with van der Waals surface area (Å²) < 4.78 is 0. The molecule has 0 bridgehead atoms. The van der Waals surface area contributed by atoms with Gasteiger partial charge in [-0.2, -0.15) is 0 Å². The molecule has 6 heteroatoms. The average molecular weight is 283 g/mol. The zero-order chi connectivity index (χ0) is 13.8. The monoisotopic (exact) mass is 282 g/mol. The first-order chi connectivity index (χ1) is 9.04. The number of carbonyl (C=O) groups is 1. The molecule has 104 valence electrons. The van der Waals surface area contributed by atoms with Gasteiger partial charge in [-0.25, -0.2) is 9.97 Å². The number of amides is 1. The predicted octanol–water partition coefficient (Wildman–Crippen LogP) is 1.49. The minimum atomic E-state index is 0.150. The van der Waals surface area contributed by atoms with E-state index in [0.717, 1.165) is 44.1 Å². The highest BCUT2D eigenvalue weighted by Crippen LogP contribution is 2.10. The molecule has 1 aliphatic heterocycles. The predicted molar refractivity (Wildman–Crippen MR) is 73.9 cm³/mol. The van der Waals surface area contributed by atoms with Crippen LogP contribution in [0.4, 0.5) is 0 Å². The molecule has 2 heterocycles. The zero-order valence-electron chi connectivity index (χ0n) is 11.4. The molecule has 0 aliphatic carbocycles. The van der Waals surface area contributed by atoms with Crippen molar-refractivity contribution in [2.24, 2.45) is 0 Å². The Kier molecular flexibility index (Phi) is 4.71. The summed E-state index contributed by atoms with van der Waals surface area (Å²) in [5.74, 6) is 0.901. The Balaban J connectivity index is 1.97. The van der Waals surface area contributed by atoms with Gasteiger partial charge in [-0.05, 0) is 19.4 Å². The van der Waals surface area contributed by atoms with Crippen LogP contribution in [0.5, 0.6) is 0 Å². The summed E-state index contributed by atoms with van der Waals surface area (Å²) in [5.41, 5.74) is 0.884. The number of nitrogens with zero attached hydrogens (tertiary/aromatic N) is 4. The Bertz CT molecular complexity index is 446. The first-order valence-corrected chi connectivity index (χ1v) is 6.90. The fourth-order valence-electron chi connectivity index (χ4n) is 2.30. The molecule has 1 aliphatic rings. The first kappa shape index (κ1) is 14.2. The SMILES string of the molecule is CC(=O)N1CCCN(Cc2nc(C)cc(Cl)n2)CC1. The number of aromatic nitrogens is 2. The second-order valence-corrected chi connectivity index (χ2v) is 5.27. The lowest BCUT2D eigenvalue weighted by Crippen LogP contribution is -2.33. The molecule has 0 atom stereocenters. The van der Waals surface area contributed by atoms with E-state index in [9.17, 15) is 4.79 Å². The Morgan fingerprint density at radius 2 is 2.11 bits per heavy atom. The van der Waals surface area contributed by atoms with E-state index < -0.39 is 0 Å². The van der Waals surface area contributed by atoms with Gasteiger partial charge in [-0.15, -0.1) is 0 Å². The molecule has 0 N–H and O–H groups in total. The summed E-state index contributed by atoms with van der Waals surface area (Å²) in [6, 6.07) is 1.75. The Hall–Kier alpha value is -1.20. The van der Waals surface area contributed by atoms with Crippen LogP contribution in [-0.4, -0.2) is 51.9 Å². The van der Waals surface area contributed by atoms with Gasteiger partial charge in [0.1, 0.15) is 11.0 Å². The van der Waals surface area contributed by atoms with Crippen molar-refractivity contribution in [3.63, 3.8) is 0 Å². The maximum atomic E-state index is 11.4. The van der Waals surface area contributed by atoms with Crippen molar-refractivity contribution in [3.8, 4) is 0 Å². The summed E-state index contributed by atoms with van der Waals surface area (Å²) in [6.07, 6.45) is 0.985. The number of halogens is 1. The summed E-state index contributed by atoms with van der Waals surface area (Å²) in [6.45, 7) is 7.65. The molecular weight excluding hydrogens is 264 g/mol. The van der Waals surface area contributed by atoms with Crippen LogP contribution < -0.4 is 0 Å². The fraction of sp³-hybridized carbons (Fsp3) is 0.615. The molecule has 5 nitrogen and oxygen atoms in total. The van der Waals surface area contributed by atoms with Crippen LogP contribution >= 0.6 is 11.6 Å². The van der Waals surface area contributed by atoms with Crippen molar-refractivity contribution in [3.05, 3.63) is 22.7 Å². The Labute approximate surface area is 118 Å². The van der Waals surface area contributed by atoms with Crippen LogP contribution in [0.3, 0.4) is 0 Å². The second-order valence-electron chi connectivity index (χ2n) is 4.88. The molecule has 0 aromatic carbocycles. The molecule has 0 radical (unpaired) electrons. The summed E-state index contributed by atoms with van der Waals surface area (Å²) in [4.78, 5) is 24.2. The second kappa shape index (κ2) is 6.30. The van der Waals surface area contributed by atoms with Gasteiger partial charge in [0.15, 0.2) is 0 Å². The third kappa shape index (κ3) is 4.14. The van der Waals surface area contributed by atoms with E-state index in [1.165, 1.54) is 0 Å². The number of aryl methyl sites for hydroxylation is 1. The molecule has 0 saturated carbocycles. The lowest BCUT2D eigenvalue weighted by atomic mass is 10.3. The molecule has 1 amide bonds. The van der Waals surface area contributed by atoms with Crippen molar-refractivity contribution in [1.82, 2.24) is 19.8 Å². The van der Waals surface area contributed by atoms with E-state index in [4.69, 9.17) is 11.6 Å². The van der Waals surface area contributed by atoms with Crippen LogP contribution in [0.25, 0.3) is 0 Å². The lowest BCUT2D eigenvalue weighted by Gasteiger charge is -2.20. The van der Waals surface area contributed by atoms with Gasteiger partial charge < -0.3 is 4.90 Å². The van der Waals surface area contributed by atoms with Crippen LogP contribution in [-0.2, 0) is 11.3 Å². The highest BCUT2D eigenvalue weighted by Gasteiger charge is 2.17. The van der Waals surface area contributed by atoms with Gasteiger partial charge in [0.25, 0.3) is 0 Å². The summed E-state index contributed by atoms with van der Waals surface area (Å²) in [7, 11) is 0. The molecule has 19 heavy (non-hydrogen) atoms. The Morgan fingerprint density at radius 3 is 2.79 bits per heavy atom. The van der Waals surface area contributed by atoms with Crippen molar-refractivity contribution in [2.45, 2.75) is 26.8 Å². The molecule has 1 aromatic heterocycles. The smallest absolute Gasteiger partial charge is 0.219 e. The number of hydrogen-bond acceptors (Lipinski definition) is 4. The van der Waals surface area contributed by atoms with Crippen molar-refractivity contribution < 1.29 is 4.79 Å². The van der Waals surface area contributed by atoms with Gasteiger partial charge in [0.05, 0.1) is 6.54 Å². The van der Waals surface area contributed by atoms with Gasteiger partial charge in [0.2, 0.25) is 5.91 Å². The summed E-state index contributed by atoms with van der Waals surface area (Å²) in [5, 5.41) is 0.489. The standard InChI is InChI=1S/C13H19ClN4O/c1-10-8-12(14)16-13(15-10)9-17-4-3-5-18(7-6-17)11(2)19/h8H,3-7,9H2,1-2H3.